The molecule has 0 bridgehead atoms. The van der Waals surface area contributed by atoms with Gasteiger partial charge in [-0.1, -0.05) is 6.42 Å². The molecule has 1 fully saturated rings. The van der Waals surface area contributed by atoms with E-state index in [2.05, 4.69) is 5.32 Å². The highest BCUT2D eigenvalue weighted by molar-refractivity contribution is 5.82. The van der Waals surface area contributed by atoms with Crippen LogP contribution >= 0.6 is 0 Å². The first kappa shape index (κ1) is 12.5. The Morgan fingerprint density at radius 2 is 2.33 bits per heavy atom. The molecule has 1 saturated heterocycles. The number of carbonyl (C=O) groups excluding carboxylic acids is 1. The third-order valence-electron chi connectivity index (χ3n) is 3.03. The summed E-state index contributed by atoms with van der Waals surface area (Å²) in [5.41, 5.74) is 0. The summed E-state index contributed by atoms with van der Waals surface area (Å²) in [5.74, 6) is 0.194. The fourth-order valence-electron chi connectivity index (χ4n) is 1.88. The van der Waals surface area contributed by atoms with Gasteiger partial charge in [0.2, 0.25) is 5.91 Å². The Morgan fingerprint density at radius 3 is 2.87 bits per heavy atom. The number of ether oxygens (including phenoxy) is 1. The lowest BCUT2D eigenvalue weighted by molar-refractivity contribution is -0.135. The van der Waals surface area contributed by atoms with Crippen molar-refractivity contribution >= 4 is 5.91 Å². The molecule has 0 radical (unpaired) electrons. The van der Waals surface area contributed by atoms with Crippen LogP contribution in [0.1, 0.15) is 26.2 Å². The molecule has 0 spiro atoms. The fourth-order valence-corrected chi connectivity index (χ4v) is 1.88. The summed E-state index contributed by atoms with van der Waals surface area (Å²) < 4.78 is 5.05. The lowest BCUT2D eigenvalue weighted by atomic mass is 10.0. The van der Waals surface area contributed by atoms with Gasteiger partial charge in [0.15, 0.2) is 0 Å². The van der Waals surface area contributed by atoms with Crippen molar-refractivity contribution in [1.82, 2.24) is 10.2 Å². The minimum atomic E-state index is 0.0167. The van der Waals surface area contributed by atoms with Crippen molar-refractivity contribution in [3.63, 3.8) is 0 Å². The smallest absolute Gasteiger partial charge is 0.239 e. The summed E-state index contributed by atoms with van der Waals surface area (Å²) in [6, 6.07) is 0.161. The molecule has 0 aromatic heterocycles. The zero-order valence-electron chi connectivity index (χ0n) is 9.95. The first-order valence-electron chi connectivity index (χ1n) is 5.65. The second kappa shape index (κ2) is 6.08. The number of nitrogens with one attached hydrogen (secondary N) is 1. The normalized spacial score (nSPS) is 23.5. The van der Waals surface area contributed by atoms with E-state index in [9.17, 15) is 4.79 Å². The minimum Gasteiger partial charge on any atom is -0.383 e. The predicted molar refractivity (Wildman–Crippen MR) is 59.7 cm³/mol. The summed E-state index contributed by atoms with van der Waals surface area (Å²) in [4.78, 5) is 13.8. The molecule has 1 aliphatic heterocycles. The predicted octanol–water partition coefficient (Wildman–Crippen LogP) is 0.622. The minimum absolute atomic E-state index is 0.0167. The molecule has 0 saturated carbocycles. The lowest BCUT2D eigenvalue weighted by Crippen LogP contribution is -2.50. The van der Waals surface area contributed by atoms with Crippen molar-refractivity contribution < 1.29 is 9.53 Å². The summed E-state index contributed by atoms with van der Waals surface area (Å²) >= 11 is 0. The van der Waals surface area contributed by atoms with Crippen molar-refractivity contribution in [1.29, 1.82) is 0 Å². The number of methoxy groups -OCH3 is 1. The molecule has 15 heavy (non-hydrogen) atoms. The molecule has 1 amide bonds. The Labute approximate surface area is 92.0 Å². The molecule has 0 aliphatic carbocycles. The van der Waals surface area contributed by atoms with Gasteiger partial charge in [-0.3, -0.25) is 4.79 Å². The molecule has 0 aromatic carbocycles. The zero-order valence-corrected chi connectivity index (χ0v) is 9.95. The summed E-state index contributed by atoms with van der Waals surface area (Å²) in [5, 5.41) is 3.26. The maximum atomic E-state index is 12.0. The van der Waals surface area contributed by atoms with Crippen LogP contribution in [0.15, 0.2) is 0 Å². The van der Waals surface area contributed by atoms with Gasteiger partial charge in [0, 0.05) is 14.2 Å². The maximum absolute atomic E-state index is 12.0. The summed E-state index contributed by atoms with van der Waals surface area (Å²) in [6.45, 7) is 3.56. The van der Waals surface area contributed by atoms with Crippen LogP contribution in [-0.2, 0) is 9.53 Å². The van der Waals surface area contributed by atoms with Crippen molar-refractivity contribution in [2.45, 2.75) is 38.3 Å². The van der Waals surface area contributed by atoms with E-state index < -0.39 is 0 Å². The second-order valence-corrected chi connectivity index (χ2v) is 4.26. The van der Waals surface area contributed by atoms with Crippen LogP contribution in [0.3, 0.4) is 0 Å². The Balaban J connectivity index is 2.43. The van der Waals surface area contributed by atoms with Crippen LogP contribution in [0.25, 0.3) is 0 Å². The quantitative estimate of drug-likeness (QED) is 0.746. The number of nitrogens with zero attached hydrogens (tertiary/aromatic N) is 1. The molecular formula is C11H22N2O2. The van der Waals surface area contributed by atoms with Crippen molar-refractivity contribution in [2.75, 3.05) is 27.3 Å². The highest BCUT2D eigenvalue weighted by Gasteiger charge is 2.25. The number of amides is 1. The van der Waals surface area contributed by atoms with E-state index in [0.717, 1.165) is 19.4 Å². The third kappa shape index (κ3) is 3.47. The molecule has 2 atom stereocenters. The highest BCUT2D eigenvalue weighted by atomic mass is 16.5. The van der Waals surface area contributed by atoms with Gasteiger partial charge in [0.25, 0.3) is 0 Å². The molecule has 1 N–H and O–H groups in total. The van der Waals surface area contributed by atoms with Crippen LogP contribution in [0.5, 0.6) is 0 Å². The summed E-state index contributed by atoms with van der Waals surface area (Å²) in [7, 11) is 3.51. The largest absolute Gasteiger partial charge is 0.383 e. The van der Waals surface area contributed by atoms with E-state index in [1.807, 2.05) is 14.0 Å². The third-order valence-corrected chi connectivity index (χ3v) is 3.03. The van der Waals surface area contributed by atoms with E-state index in [-0.39, 0.29) is 18.0 Å². The van der Waals surface area contributed by atoms with Gasteiger partial charge in [-0.15, -0.1) is 0 Å². The van der Waals surface area contributed by atoms with E-state index in [1.165, 1.54) is 6.42 Å². The average Bonchev–Trinajstić information content (AvgIpc) is 2.28. The molecule has 2 unspecified atom stereocenters. The van der Waals surface area contributed by atoms with E-state index in [0.29, 0.717) is 6.61 Å². The molecular weight excluding hydrogens is 192 g/mol. The number of carbonyl (C=O) groups is 1. The van der Waals surface area contributed by atoms with Gasteiger partial charge in [-0.25, -0.2) is 0 Å². The topological polar surface area (TPSA) is 41.6 Å². The molecule has 1 heterocycles. The molecule has 1 aliphatic rings. The van der Waals surface area contributed by atoms with Crippen molar-refractivity contribution in [3.05, 3.63) is 0 Å². The molecule has 1 rings (SSSR count). The van der Waals surface area contributed by atoms with Gasteiger partial charge in [-0.05, 0) is 26.3 Å². The van der Waals surface area contributed by atoms with E-state index >= 15 is 0 Å². The number of hydrogen-bond acceptors (Lipinski definition) is 3. The number of piperidine rings is 1. The average molecular weight is 214 g/mol. The molecule has 4 nitrogen and oxygen atoms in total. The maximum Gasteiger partial charge on any atom is 0.239 e. The zero-order chi connectivity index (χ0) is 11.3. The van der Waals surface area contributed by atoms with Crippen molar-refractivity contribution in [3.8, 4) is 0 Å². The number of hydrogen-bond donors (Lipinski definition) is 1. The lowest BCUT2D eigenvalue weighted by Gasteiger charge is -2.31. The van der Waals surface area contributed by atoms with E-state index in [4.69, 9.17) is 4.74 Å². The SMILES string of the molecule is COCC(C)N(C)C(=O)C1CCCCN1. The van der Waals surface area contributed by atoms with Gasteiger partial charge in [-0.2, -0.15) is 0 Å². The van der Waals surface area contributed by atoms with Crippen LogP contribution < -0.4 is 5.32 Å². The first-order valence-corrected chi connectivity index (χ1v) is 5.65. The highest BCUT2D eigenvalue weighted by Crippen LogP contribution is 2.10. The molecule has 88 valence electrons. The monoisotopic (exact) mass is 214 g/mol. The van der Waals surface area contributed by atoms with Crippen LogP contribution in [0.4, 0.5) is 0 Å². The van der Waals surface area contributed by atoms with Crippen molar-refractivity contribution in [2.24, 2.45) is 0 Å². The Hall–Kier alpha value is -0.610. The van der Waals surface area contributed by atoms with Gasteiger partial charge >= 0.3 is 0 Å². The van der Waals surface area contributed by atoms with Crippen LogP contribution in [0, 0.1) is 0 Å². The Kier molecular flexibility index (Phi) is 5.05. The van der Waals surface area contributed by atoms with Crippen LogP contribution in [-0.4, -0.2) is 50.2 Å². The van der Waals surface area contributed by atoms with E-state index in [1.54, 1.807) is 12.0 Å². The number of rotatable bonds is 4. The van der Waals surface area contributed by atoms with Gasteiger partial charge < -0.3 is 15.0 Å². The second-order valence-electron chi connectivity index (χ2n) is 4.26. The molecule has 4 heteroatoms. The molecule has 0 aromatic rings. The van der Waals surface area contributed by atoms with Gasteiger partial charge in [0.05, 0.1) is 18.7 Å². The first-order chi connectivity index (χ1) is 7.16. The Morgan fingerprint density at radius 1 is 1.60 bits per heavy atom. The standard InChI is InChI=1S/C11H22N2O2/c1-9(8-15-3)13(2)11(14)10-6-4-5-7-12-10/h9-10,12H,4-8H2,1-3H3. The van der Waals surface area contributed by atoms with Crippen LogP contribution in [0.2, 0.25) is 0 Å². The number of likely N-dealkylation sites (N-methyl/N-ethyl adjacent to an activating group) is 1. The fraction of sp³-hybridized carbons (Fsp3) is 0.909. The Bertz CT molecular complexity index is 203. The summed E-state index contributed by atoms with van der Waals surface area (Å²) in [6.07, 6.45) is 3.29. The van der Waals surface area contributed by atoms with Gasteiger partial charge in [0.1, 0.15) is 0 Å².